The average molecular weight is 393 g/mol. The highest BCUT2D eigenvalue weighted by Crippen LogP contribution is 2.48. The molecule has 0 bridgehead atoms. The van der Waals surface area contributed by atoms with Crippen molar-refractivity contribution in [3.05, 3.63) is 59.4 Å². The lowest BCUT2D eigenvalue weighted by molar-refractivity contribution is -0.0329. The number of aryl methyl sites for hydroxylation is 1. The Bertz CT molecular complexity index is 1090. The molecule has 0 N–H and O–H groups in total. The number of benzene rings is 2. The van der Waals surface area contributed by atoms with Gasteiger partial charge in [-0.15, -0.1) is 0 Å². The highest BCUT2D eigenvalue weighted by molar-refractivity contribution is 8.00. The van der Waals surface area contributed by atoms with Crippen LogP contribution in [-0.4, -0.2) is 21.7 Å². The number of hydrogen-bond acceptors (Lipinski definition) is 2. The Hall–Kier alpha value is -2.28. The Labute approximate surface area is 157 Å². The summed E-state index contributed by atoms with van der Waals surface area (Å²) in [5, 5.41) is 0.851. The van der Waals surface area contributed by atoms with Crippen LogP contribution >= 0.6 is 11.8 Å². The molecule has 0 unspecified atom stereocenters. The number of nitrogens with zero attached hydrogens (tertiary/aromatic N) is 1. The Morgan fingerprint density at radius 3 is 2.56 bits per heavy atom. The molecule has 0 saturated heterocycles. The van der Waals surface area contributed by atoms with Crippen LogP contribution in [-0.2, 0) is 5.41 Å². The molecule has 1 aromatic heterocycles. The quantitative estimate of drug-likeness (QED) is 0.504. The number of thioether (sulfide) groups is 1. The molecule has 7 heteroatoms. The molecule has 2 heterocycles. The van der Waals surface area contributed by atoms with E-state index in [0.717, 1.165) is 10.9 Å². The third kappa shape index (κ3) is 2.67. The van der Waals surface area contributed by atoms with E-state index in [1.54, 1.807) is 18.2 Å². The summed E-state index contributed by atoms with van der Waals surface area (Å²) in [5.74, 6) is -1.57. The molecule has 1 atom stereocenters. The number of rotatable bonds is 2. The number of halogens is 4. The number of alkyl halides is 3. The zero-order chi connectivity index (χ0) is 19.6. The van der Waals surface area contributed by atoms with E-state index in [4.69, 9.17) is 0 Å². The Morgan fingerprint density at radius 1 is 1.15 bits per heavy atom. The summed E-state index contributed by atoms with van der Waals surface area (Å²) < 4.78 is 54.1. The molecule has 0 fully saturated rings. The molecule has 27 heavy (non-hydrogen) atoms. The summed E-state index contributed by atoms with van der Waals surface area (Å²) >= 11 is -0.258. The molecule has 140 valence electrons. The minimum Gasteiger partial charge on any atom is -0.279 e. The maximum Gasteiger partial charge on any atom is 0.441 e. The number of para-hydroxylation sites is 1. The van der Waals surface area contributed by atoms with Gasteiger partial charge < -0.3 is 0 Å². The van der Waals surface area contributed by atoms with Crippen molar-refractivity contribution in [1.29, 1.82) is 0 Å². The SMILES string of the molecule is Cc1c2n(c3ccccc13)C(=O)[C@@](C)(CSC(F)(F)F)c1cc(F)ccc1-2. The van der Waals surface area contributed by atoms with Gasteiger partial charge >= 0.3 is 5.51 Å². The fourth-order valence-electron chi connectivity index (χ4n) is 3.84. The molecule has 3 aromatic rings. The second-order valence-corrected chi connectivity index (χ2v) is 7.93. The molecule has 1 aliphatic heterocycles. The maximum absolute atomic E-state index is 14.0. The predicted octanol–water partition coefficient (Wildman–Crippen LogP) is 5.92. The monoisotopic (exact) mass is 393 g/mol. The topological polar surface area (TPSA) is 22.0 Å². The van der Waals surface area contributed by atoms with Gasteiger partial charge in [-0.2, -0.15) is 13.2 Å². The van der Waals surface area contributed by atoms with Crippen LogP contribution in [0.3, 0.4) is 0 Å². The van der Waals surface area contributed by atoms with Crippen molar-refractivity contribution in [1.82, 2.24) is 4.57 Å². The summed E-state index contributed by atoms with van der Waals surface area (Å²) in [5.41, 5.74) is -2.99. The smallest absolute Gasteiger partial charge is 0.279 e. The first-order chi connectivity index (χ1) is 12.6. The summed E-state index contributed by atoms with van der Waals surface area (Å²) in [6.07, 6.45) is 0. The zero-order valence-corrected chi connectivity index (χ0v) is 15.3. The number of hydrogen-bond donors (Lipinski definition) is 0. The molecule has 0 aliphatic carbocycles. The molecule has 0 spiro atoms. The first-order valence-electron chi connectivity index (χ1n) is 8.29. The molecule has 2 aromatic carbocycles. The van der Waals surface area contributed by atoms with Gasteiger partial charge in [0, 0.05) is 16.7 Å². The number of fused-ring (bicyclic) bond motifs is 5. The summed E-state index contributed by atoms with van der Waals surface area (Å²) in [6.45, 7) is 3.32. The van der Waals surface area contributed by atoms with E-state index in [-0.39, 0.29) is 11.8 Å². The van der Waals surface area contributed by atoms with Crippen LogP contribution in [0.2, 0.25) is 0 Å². The van der Waals surface area contributed by atoms with Crippen LogP contribution in [0, 0.1) is 12.7 Å². The van der Waals surface area contributed by atoms with Gasteiger partial charge in [-0.05, 0) is 61.0 Å². The van der Waals surface area contributed by atoms with Crippen molar-refractivity contribution < 1.29 is 22.4 Å². The van der Waals surface area contributed by atoms with Crippen molar-refractivity contribution in [2.75, 3.05) is 5.75 Å². The Balaban J connectivity index is 2.03. The molecule has 2 nitrogen and oxygen atoms in total. The lowest BCUT2D eigenvalue weighted by Crippen LogP contribution is -2.43. The van der Waals surface area contributed by atoms with Crippen molar-refractivity contribution >= 4 is 28.6 Å². The summed E-state index contributed by atoms with van der Waals surface area (Å²) in [4.78, 5) is 13.4. The molecule has 1 aliphatic rings. The van der Waals surface area contributed by atoms with E-state index < -0.39 is 28.4 Å². The van der Waals surface area contributed by atoms with Crippen LogP contribution in [0.1, 0.15) is 22.8 Å². The van der Waals surface area contributed by atoms with E-state index in [1.807, 2.05) is 19.1 Å². The van der Waals surface area contributed by atoms with Gasteiger partial charge in [0.15, 0.2) is 0 Å². The first kappa shape index (κ1) is 18.1. The Morgan fingerprint density at radius 2 is 1.85 bits per heavy atom. The molecule has 0 saturated carbocycles. The Kier molecular flexibility index (Phi) is 3.93. The van der Waals surface area contributed by atoms with E-state index in [1.165, 1.54) is 23.6 Å². The maximum atomic E-state index is 14.0. The van der Waals surface area contributed by atoms with Crippen molar-refractivity contribution in [3.63, 3.8) is 0 Å². The third-order valence-electron chi connectivity index (χ3n) is 5.16. The first-order valence-corrected chi connectivity index (χ1v) is 9.28. The van der Waals surface area contributed by atoms with Gasteiger partial charge in [0.1, 0.15) is 5.82 Å². The number of carbonyl (C=O) groups excluding carboxylic acids is 1. The highest BCUT2D eigenvalue weighted by Gasteiger charge is 2.46. The third-order valence-corrected chi connectivity index (χ3v) is 6.21. The summed E-state index contributed by atoms with van der Waals surface area (Å²) in [7, 11) is 0. The normalized spacial score (nSPS) is 19.3. The van der Waals surface area contributed by atoms with Crippen LogP contribution in [0.4, 0.5) is 17.6 Å². The van der Waals surface area contributed by atoms with Gasteiger partial charge in [-0.3, -0.25) is 9.36 Å². The van der Waals surface area contributed by atoms with Crippen LogP contribution in [0.25, 0.3) is 22.2 Å². The van der Waals surface area contributed by atoms with E-state index in [0.29, 0.717) is 22.3 Å². The van der Waals surface area contributed by atoms with Gasteiger partial charge in [-0.1, -0.05) is 18.2 Å². The van der Waals surface area contributed by atoms with Gasteiger partial charge in [0.05, 0.1) is 16.6 Å². The van der Waals surface area contributed by atoms with Crippen molar-refractivity contribution in [3.8, 4) is 11.3 Å². The van der Waals surface area contributed by atoms with Crippen LogP contribution < -0.4 is 0 Å². The van der Waals surface area contributed by atoms with Crippen molar-refractivity contribution in [2.45, 2.75) is 24.8 Å². The summed E-state index contributed by atoms with van der Waals surface area (Å²) in [6, 6.07) is 11.3. The van der Waals surface area contributed by atoms with Crippen LogP contribution in [0.15, 0.2) is 42.5 Å². The van der Waals surface area contributed by atoms with E-state index in [2.05, 4.69) is 0 Å². The second kappa shape index (κ2) is 5.86. The van der Waals surface area contributed by atoms with E-state index in [9.17, 15) is 22.4 Å². The minimum atomic E-state index is -4.48. The number of carbonyl (C=O) groups is 1. The van der Waals surface area contributed by atoms with E-state index >= 15 is 0 Å². The highest BCUT2D eigenvalue weighted by atomic mass is 32.2. The molecule has 0 radical (unpaired) electrons. The lowest BCUT2D eigenvalue weighted by Gasteiger charge is -2.36. The standard InChI is InChI=1S/C20H15F4NOS/c1-11-13-5-3-4-6-16(13)25-17(11)14-8-7-12(21)9-15(14)19(2,18(25)26)10-27-20(22,23)24/h3-9H,10H2,1-2H3/t19-/m0/s1. The number of aromatic nitrogens is 1. The lowest BCUT2D eigenvalue weighted by atomic mass is 9.77. The molecular formula is C20H15F4NOS. The van der Waals surface area contributed by atoms with Gasteiger partial charge in [-0.25, -0.2) is 4.39 Å². The van der Waals surface area contributed by atoms with Crippen LogP contribution in [0.5, 0.6) is 0 Å². The molecule has 4 rings (SSSR count). The fraction of sp³-hybridized carbons (Fsp3) is 0.250. The largest absolute Gasteiger partial charge is 0.441 e. The average Bonchev–Trinajstić information content (AvgIpc) is 2.91. The zero-order valence-electron chi connectivity index (χ0n) is 14.5. The van der Waals surface area contributed by atoms with Gasteiger partial charge in [0.25, 0.3) is 0 Å². The minimum absolute atomic E-state index is 0.258. The molecule has 0 amide bonds. The fourth-order valence-corrected chi connectivity index (χ4v) is 4.57. The predicted molar refractivity (Wildman–Crippen MR) is 98.6 cm³/mol. The second-order valence-electron chi connectivity index (χ2n) is 6.89. The van der Waals surface area contributed by atoms with Gasteiger partial charge in [0.2, 0.25) is 5.91 Å². The van der Waals surface area contributed by atoms with Crippen molar-refractivity contribution in [2.24, 2.45) is 0 Å². The molecular weight excluding hydrogens is 378 g/mol.